The van der Waals surface area contributed by atoms with Gasteiger partial charge in [-0.05, 0) is 43.0 Å². The van der Waals surface area contributed by atoms with E-state index >= 15 is 0 Å². The van der Waals surface area contributed by atoms with E-state index in [9.17, 15) is 13.2 Å². The molecule has 2 aromatic rings. The van der Waals surface area contributed by atoms with Crippen LogP contribution in [-0.4, -0.2) is 38.4 Å². The first-order valence-electron chi connectivity index (χ1n) is 8.36. The number of benzene rings is 1. The van der Waals surface area contributed by atoms with E-state index in [1.807, 2.05) is 0 Å². The van der Waals surface area contributed by atoms with Crippen LogP contribution < -0.4 is 5.73 Å². The van der Waals surface area contributed by atoms with Crippen molar-refractivity contribution in [1.29, 1.82) is 0 Å². The van der Waals surface area contributed by atoms with Gasteiger partial charge in [0.15, 0.2) is 0 Å². The summed E-state index contributed by atoms with van der Waals surface area (Å²) in [4.78, 5) is 15.4. The molecule has 1 amide bonds. The molecule has 7 heteroatoms. The quantitative estimate of drug-likeness (QED) is 0.887. The highest BCUT2D eigenvalue weighted by Crippen LogP contribution is 2.30. The van der Waals surface area contributed by atoms with Crippen LogP contribution >= 0.6 is 11.3 Å². The van der Waals surface area contributed by atoms with Gasteiger partial charge in [0.25, 0.3) is 5.91 Å². The molecule has 1 aromatic carbocycles. The number of thiophene rings is 1. The molecule has 5 nitrogen and oxygen atoms in total. The molecule has 134 valence electrons. The molecule has 2 N–H and O–H groups in total. The van der Waals surface area contributed by atoms with Crippen molar-refractivity contribution in [2.75, 3.05) is 13.1 Å². The van der Waals surface area contributed by atoms with Crippen LogP contribution in [-0.2, 0) is 9.84 Å². The van der Waals surface area contributed by atoms with Crippen molar-refractivity contribution < 1.29 is 13.2 Å². The van der Waals surface area contributed by atoms with E-state index in [2.05, 4.69) is 6.92 Å². The summed E-state index contributed by atoms with van der Waals surface area (Å²) in [6.45, 7) is 3.20. The summed E-state index contributed by atoms with van der Waals surface area (Å²) in [5, 5.41) is 0. The van der Waals surface area contributed by atoms with E-state index in [1.54, 1.807) is 41.3 Å². The maximum atomic E-state index is 12.9. The first-order valence-corrected chi connectivity index (χ1v) is 10.7. The number of likely N-dealkylation sites (tertiary alicyclic amines) is 1. The number of rotatable bonds is 4. The largest absolute Gasteiger partial charge is 0.333 e. The van der Waals surface area contributed by atoms with Crippen molar-refractivity contribution in [3.8, 4) is 0 Å². The van der Waals surface area contributed by atoms with E-state index in [4.69, 9.17) is 5.73 Å². The number of nitrogens with zero attached hydrogens (tertiary/aromatic N) is 1. The Balaban J connectivity index is 1.87. The van der Waals surface area contributed by atoms with Crippen LogP contribution in [0.5, 0.6) is 0 Å². The zero-order chi connectivity index (χ0) is 18.0. The van der Waals surface area contributed by atoms with Gasteiger partial charge in [0.1, 0.15) is 4.21 Å². The maximum Gasteiger partial charge on any atom is 0.264 e. The standard InChI is InChI=1S/C18H22N2O3S2/c1-13-6-5-11-20(15(13)12-19)18(21)16-9-10-17(24-16)25(22,23)14-7-3-2-4-8-14/h2-4,7-10,13,15H,5-6,11-12,19H2,1H3/t13-,15-/m0/s1. The van der Waals surface area contributed by atoms with E-state index < -0.39 is 9.84 Å². The fourth-order valence-corrected chi connectivity index (χ4v) is 5.98. The lowest BCUT2D eigenvalue weighted by atomic mass is 9.90. The molecule has 1 aliphatic heterocycles. The molecule has 3 rings (SSSR count). The molecule has 1 aromatic heterocycles. The van der Waals surface area contributed by atoms with Gasteiger partial charge in [0.2, 0.25) is 9.84 Å². The average molecular weight is 379 g/mol. The smallest absolute Gasteiger partial charge is 0.264 e. The van der Waals surface area contributed by atoms with Crippen LogP contribution in [0.2, 0.25) is 0 Å². The third-order valence-electron chi connectivity index (χ3n) is 4.73. The van der Waals surface area contributed by atoms with Crippen LogP contribution in [0.4, 0.5) is 0 Å². The summed E-state index contributed by atoms with van der Waals surface area (Å²) < 4.78 is 25.6. The van der Waals surface area contributed by atoms with Crippen molar-refractivity contribution >= 4 is 27.1 Å². The molecule has 0 bridgehead atoms. The van der Waals surface area contributed by atoms with Crippen LogP contribution in [0.15, 0.2) is 51.6 Å². The van der Waals surface area contributed by atoms with Crippen LogP contribution in [0.25, 0.3) is 0 Å². The second-order valence-corrected chi connectivity index (χ2v) is 9.62. The van der Waals surface area contributed by atoms with Crippen molar-refractivity contribution in [2.24, 2.45) is 11.7 Å². The second-order valence-electron chi connectivity index (χ2n) is 6.36. The molecule has 25 heavy (non-hydrogen) atoms. The van der Waals surface area contributed by atoms with Gasteiger partial charge in [-0.2, -0.15) is 0 Å². The van der Waals surface area contributed by atoms with Gasteiger partial charge in [-0.15, -0.1) is 11.3 Å². The fraction of sp³-hybridized carbons (Fsp3) is 0.389. The van der Waals surface area contributed by atoms with E-state index in [0.29, 0.717) is 23.9 Å². The number of hydrogen-bond acceptors (Lipinski definition) is 5. The summed E-state index contributed by atoms with van der Waals surface area (Å²) in [7, 11) is -3.59. The Labute approximate surface area is 152 Å². The van der Waals surface area contributed by atoms with Crippen molar-refractivity contribution in [2.45, 2.75) is 34.9 Å². The van der Waals surface area contributed by atoms with Crippen LogP contribution in [0.3, 0.4) is 0 Å². The minimum atomic E-state index is -3.59. The van der Waals surface area contributed by atoms with Crippen molar-refractivity contribution in [1.82, 2.24) is 4.90 Å². The lowest BCUT2D eigenvalue weighted by molar-refractivity contribution is 0.0537. The van der Waals surface area contributed by atoms with Crippen molar-refractivity contribution in [3.05, 3.63) is 47.3 Å². The highest BCUT2D eigenvalue weighted by atomic mass is 32.2. The second kappa shape index (κ2) is 7.27. The van der Waals surface area contributed by atoms with Crippen LogP contribution in [0.1, 0.15) is 29.4 Å². The summed E-state index contributed by atoms with van der Waals surface area (Å²) in [6, 6.07) is 11.4. The summed E-state index contributed by atoms with van der Waals surface area (Å²) in [5.74, 6) is 0.233. The summed E-state index contributed by atoms with van der Waals surface area (Å²) in [6.07, 6.45) is 2.01. The topological polar surface area (TPSA) is 80.5 Å². The Morgan fingerprint density at radius 1 is 1.24 bits per heavy atom. The normalized spacial score (nSPS) is 21.3. The van der Waals surface area contributed by atoms with Gasteiger partial charge in [-0.1, -0.05) is 25.1 Å². The van der Waals surface area contributed by atoms with E-state index in [0.717, 1.165) is 24.2 Å². The highest BCUT2D eigenvalue weighted by molar-refractivity contribution is 7.93. The van der Waals surface area contributed by atoms with Gasteiger partial charge in [-0.25, -0.2) is 8.42 Å². The third-order valence-corrected chi connectivity index (χ3v) is 8.06. The summed E-state index contributed by atoms with van der Waals surface area (Å²) >= 11 is 1.03. The van der Waals surface area contributed by atoms with Gasteiger partial charge < -0.3 is 10.6 Å². The SMILES string of the molecule is C[C@H]1CCCN(C(=O)c2ccc(S(=O)(=O)c3ccccc3)s2)[C@H]1CN. The van der Waals surface area contributed by atoms with Gasteiger partial charge in [0, 0.05) is 19.1 Å². The zero-order valence-corrected chi connectivity index (χ0v) is 15.7. The number of carbonyl (C=O) groups is 1. The first kappa shape index (κ1) is 18.1. The number of amides is 1. The first-order chi connectivity index (χ1) is 11.9. The number of nitrogens with two attached hydrogens (primary N) is 1. The molecule has 0 saturated carbocycles. The molecule has 2 heterocycles. The highest BCUT2D eigenvalue weighted by Gasteiger charge is 2.32. The Bertz CT molecular complexity index is 846. The Morgan fingerprint density at radius 2 is 1.96 bits per heavy atom. The van der Waals surface area contributed by atoms with Crippen molar-refractivity contribution in [3.63, 3.8) is 0 Å². The van der Waals surface area contributed by atoms with Gasteiger partial charge in [0.05, 0.1) is 9.77 Å². The fourth-order valence-electron chi connectivity index (χ4n) is 3.30. The zero-order valence-electron chi connectivity index (χ0n) is 14.1. The molecule has 1 fully saturated rings. The lowest BCUT2D eigenvalue weighted by Crippen LogP contribution is -2.51. The number of carbonyl (C=O) groups excluding carboxylic acids is 1. The molecule has 0 aliphatic carbocycles. The lowest BCUT2D eigenvalue weighted by Gasteiger charge is -2.39. The van der Waals surface area contributed by atoms with E-state index in [1.165, 1.54) is 6.07 Å². The predicted molar refractivity (Wildman–Crippen MR) is 98.5 cm³/mol. The van der Waals surface area contributed by atoms with Crippen LogP contribution in [0, 0.1) is 5.92 Å². The summed E-state index contributed by atoms with van der Waals surface area (Å²) in [5.41, 5.74) is 5.86. The Morgan fingerprint density at radius 3 is 2.64 bits per heavy atom. The van der Waals surface area contributed by atoms with Gasteiger partial charge >= 0.3 is 0 Å². The monoisotopic (exact) mass is 378 g/mol. The Kier molecular flexibility index (Phi) is 5.27. The molecular formula is C18H22N2O3S2. The number of piperidine rings is 1. The molecule has 0 spiro atoms. The molecule has 0 radical (unpaired) electrons. The van der Waals surface area contributed by atoms with E-state index in [-0.39, 0.29) is 21.1 Å². The third kappa shape index (κ3) is 3.49. The predicted octanol–water partition coefficient (Wildman–Crippen LogP) is 2.78. The number of hydrogen-bond donors (Lipinski definition) is 1. The molecule has 1 saturated heterocycles. The minimum absolute atomic E-state index is 0.0116. The molecule has 2 atom stereocenters. The average Bonchev–Trinajstić information content (AvgIpc) is 3.12. The molecule has 0 unspecified atom stereocenters. The Hall–Kier alpha value is -1.70. The minimum Gasteiger partial charge on any atom is -0.333 e. The molecular weight excluding hydrogens is 356 g/mol. The maximum absolute atomic E-state index is 12.9. The molecule has 1 aliphatic rings. The number of sulfone groups is 1. The van der Waals surface area contributed by atoms with Gasteiger partial charge in [-0.3, -0.25) is 4.79 Å².